The fourth-order valence-corrected chi connectivity index (χ4v) is 4.58. The third-order valence-corrected chi connectivity index (χ3v) is 7.30. The summed E-state index contributed by atoms with van der Waals surface area (Å²) in [4.78, 5) is 17.1. The van der Waals surface area contributed by atoms with Crippen LogP contribution < -0.4 is 5.32 Å². The van der Waals surface area contributed by atoms with Crippen LogP contribution >= 0.6 is 11.8 Å². The second-order valence-corrected chi connectivity index (χ2v) is 10.3. The Balaban J connectivity index is 2.42. The molecule has 9 heteroatoms. The van der Waals surface area contributed by atoms with Crippen LogP contribution in [0.25, 0.3) is 11.0 Å². The maximum absolute atomic E-state index is 12.4. The number of imidazole rings is 1. The summed E-state index contributed by atoms with van der Waals surface area (Å²) >= 11 is 1.40. The number of aromatic nitrogens is 2. The predicted molar refractivity (Wildman–Crippen MR) is 114 cm³/mol. The summed E-state index contributed by atoms with van der Waals surface area (Å²) in [5.74, 6) is -0.0168. The Labute approximate surface area is 171 Å². The lowest BCUT2D eigenvalue weighted by molar-refractivity contribution is -0.120. The number of hydrogen-bond donors (Lipinski definition) is 1. The second-order valence-electron chi connectivity index (χ2n) is 6.89. The number of unbranched alkanes of at least 4 members (excludes halogenated alkanes) is 1. The highest BCUT2D eigenvalue weighted by Crippen LogP contribution is 2.29. The lowest BCUT2D eigenvalue weighted by Gasteiger charge is -2.13. The van der Waals surface area contributed by atoms with Gasteiger partial charge in [-0.2, -0.15) is 0 Å². The molecule has 0 saturated carbocycles. The maximum Gasteiger partial charge on any atom is 0.242 e. The van der Waals surface area contributed by atoms with Crippen LogP contribution in [-0.4, -0.2) is 54.1 Å². The number of amides is 1. The van der Waals surface area contributed by atoms with Crippen LogP contribution in [0.1, 0.15) is 40.0 Å². The fraction of sp³-hybridized carbons (Fsp3) is 0.579. The van der Waals surface area contributed by atoms with Gasteiger partial charge in [0.2, 0.25) is 15.9 Å². The molecule has 2 rings (SSSR count). The molecule has 0 fully saturated rings. The minimum Gasteiger partial charge on any atom is -0.355 e. The van der Waals surface area contributed by atoms with Crippen molar-refractivity contribution in [3.8, 4) is 0 Å². The van der Waals surface area contributed by atoms with Crippen molar-refractivity contribution in [2.45, 2.75) is 61.9 Å². The van der Waals surface area contributed by atoms with Gasteiger partial charge in [0.25, 0.3) is 0 Å². The standard InChI is InChI=1S/C19H30N4O3S2/c1-6-8-12-23-17-10-9-15(28(25,26)22(4)5)13-16(17)21-19(23)27-14(3)18(24)20-11-7-2/h9-10,13-14H,6-8,11-12H2,1-5H3,(H,20,24). The lowest BCUT2D eigenvalue weighted by atomic mass is 10.3. The number of benzene rings is 1. The molecule has 0 radical (unpaired) electrons. The van der Waals surface area contributed by atoms with E-state index < -0.39 is 10.0 Å². The van der Waals surface area contributed by atoms with Crippen LogP contribution in [0.2, 0.25) is 0 Å². The minimum atomic E-state index is -3.52. The topological polar surface area (TPSA) is 84.3 Å². The number of nitrogens with zero attached hydrogens (tertiary/aromatic N) is 3. The summed E-state index contributed by atoms with van der Waals surface area (Å²) in [5.41, 5.74) is 1.51. The normalized spacial score (nSPS) is 13.2. The van der Waals surface area contributed by atoms with Crippen molar-refractivity contribution < 1.29 is 13.2 Å². The van der Waals surface area contributed by atoms with Crippen molar-refractivity contribution in [3.05, 3.63) is 18.2 Å². The quantitative estimate of drug-likeness (QED) is 0.590. The van der Waals surface area contributed by atoms with Crippen LogP contribution in [0.3, 0.4) is 0 Å². The summed E-state index contributed by atoms with van der Waals surface area (Å²) in [6.07, 6.45) is 2.90. The van der Waals surface area contributed by atoms with E-state index in [2.05, 4.69) is 21.8 Å². The molecule has 1 N–H and O–H groups in total. The number of aryl methyl sites for hydroxylation is 1. The van der Waals surface area contributed by atoms with Crippen molar-refractivity contribution in [1.29, 1.82) is 0 Å². The number of carbonyl (C=O) groups is 1. The van der Waals surface area contributed by atoms with Crippen LogP contribution in [0.15, 0.2) is 28.3 Å². The molecule has 2 aromatic rings. The highest BCUT2D eigenvalue weighted by molar-refractivity contribution is 8.00. The van der Waals surface area contributed by atoms with E-state index >= 15 is 0 Å². The van der Waals surface area contributed by atoms with Gasteiger partial charge in [-0.3, -0.25) is 4.79 Å². The van der Waals surface area contributed by atoms with Crippen molar-refractivity contribution in [1.82, 2.24) is 19.2 Å². The van der Waals surface area contributed by atoms with Gasteiger partial charge in [0.05, 0.1) is 21.2 Å². The van der Waals surface area contributed by atoms with E-state index in [9.17, 15) is 13.2 Å². The highest BCUT2D eigenvalue weighted by Gasteiger charge is 2.22. The SMILES string of the molecule is CCCCn1c(SC(C)C(=O)NCCC)nc2cc(S(=O)(=O)N(C)C)ccc21. The molecule has 1 heterocycles. The Hall–Kier alpha value is -1.58. The molecule has 0 saturated heterocycles. The van der Waals surface area contributed by atoms with Gasteiger partial charge in [0.1, 0.15) is 0 Å². The molecular weight excluding hydrogens is 396 g/mol. The van der Waals surface area contributed by atoms with Crippen LogP contribution in [0.5, 0.6) is 0 Å². The number of fused-ring (bicyclic) bond motifs is 1. The third kappa shape index (κ3) is 5.07. The number of thioether (sulfide) groups is 1. The first-order chi connectivity index (χ1) is 13.2. The molecule has 7 nitrogen and oxygen atoms in total. The van der Waals surface area contributed by atoms with Crippen molar-refractivity contribution in [2.75, 3.05) is 20.6 Å². The molecule has 156 valence electrons. The summed E-state index contributed by atoms with van der Waals surface area (Å²) in [6, 6.07) is 5.03. The summed E-state index contributed by atoms with van der Waals surface area (Å²) < 4.78 is 28.2. The van der Waals surface area contributed by atoms with Crippen molar-refractivity contribution in [3.63, 3.8) is 0 Å². The van der Waals surface area contributed by atoms with Crippen LogP contribution in [0.4, 0.5) is 0 Å². The Morgan fingerprint density at radius 3 is 2.61 bits per heavy atom. The maximum atomic E-state index is 12.4. The summed E-state index contributed by atoms with van der Waals surface area (Å²) in [5, 5.41) is 3.36. The Bertz CT molecular complexity index is 923. The van der Waals surface area contributed by atoms with Crippen LogP contribution in [-0.2, 0) is 21.4 Å². The molecule has 0 spiro atoms. The van der Waals surface area contributed by atoms with Crippen molar-refractivity contribution in [2.24, 2.45) is 0 Å². The van der Waals surface area contributed by atoms with Gasteiger partial charge in [0.15, 0.2) is 5.16 Å². The monoisotopic (exact) mass is 426 g/mol. The first-order valence-electron chi connectivity index (χ1n) is 9.59. The van der Waals surface area contributed by atoms with Gasteiger partial charge >= 0.3 is 0 Å². The first-order valence-corrected chi connectivity index (χ1v) is 11.9. The minimum absolute atomic E-state index is 0.0168. The number of carbonyl (C=O) groups excluding carboxylic acids is 1. The van der Waals surface area contributed by atoms with E-state index in [0.29, 0.717) is 12.1 Å². The Morgan fingerprint density at radius 1 is 1.29 bits per heavy atom. The second kappa shape index (κ2) is 9.76. The van der Waals surface area contributed by atoms with E-state index in [1.54, 1.807) is 18.2 Å². The smallest absolute Gasteiger partial charge is 0.242 e. The van der Waals surface area contributed by atoms with Gasteiger partial charge in [-0.1, -0.05) is 32.0 Å². The Kier molecular flexibility index (Phi) is 7.91. The molecule has 1 atom stereocenters. The molecule has 1 amide bonds. The predicted octanol–water partition coefficient (Wildman–Crippen LogP) is 3.09. The van der Waals surface area contributed by atoms with Gasteiger partial charge in [-0.15, -0.1) is 0 Å². The number of rotatable bonds is 10. The van der Waals surface area contributed by atoms with E-state index in [1.165, 1.54) is 30.2 Å². The molecule has 1 aromatic carbocycles. The molecule has 1 unspecified atom stereocenters. The molecule has 1 aromatic heterocycles. The number of nitrogens with one attached hydrogen (secondary N) is 1. The molecule has 0 aliphatic carbocycles. The van der Waals surface area contributed by atoms with E-state index in [1.807, 2.05) is 13.8 Å². The average molecular weight is 427 g/mol. The van der Waals surface area contributed by atoms with Gasteiger partial charge < -0.3 is 9.88 Å². The van der Waals surface area contributed by atoms with E-state index in [4.69, 9.17) is 0 Å². The number of hydrogen-bond acceptors (Lipinski definition) is 5. The Morgan fingerprint density at radius 2 is 2.00 bits per heavy atom. The van der Waals surface area contributed by atoms with E-state index in [0.717, 1.165) is 36.5 Å². The largest absolute Gasteiger partial charge is 0.355 e. The van der Waals surface area contributed by atoms with Gasteiger partial charge in [-0.25, -0.2) is 17.7 Å². The molecule has 0 aliphatic heterocycles. The molecule has 0 aliphatic rings. The summed E-state index contributed by atoms with van der Waals surface area (Å²) in [6.45, 7) is 7.43. The zero-order valence-corrected chi connectivity index (χ0v) is 18.9. The molecule has 0 bridgehead atoms. The molecular formula is C19H30N4O3S2. The number of sulfonamides is 1. The summed E-state index contributed by atoms with van der Waals surface area (Å²) in [7, 11) is -0.500. The first kappa shape index (κ1) is 22.7. The zero-order valence-electron chi connectivity index (χ0n) is 17.2. The fourth-order valence-electron chi connectivity index (χ4n) is 2.68. The lowest BCUT2D eigenvalue weighted by Crippen LogP contribution is -2.31. The molecule has 28 heavy (non-hydrogen) atoms. The average Bonchev–Trinajstić information content (AvgIpc) is 3.00. The van der Waals surface area contributed by atoms with E-state index in [-0.39, 0.29) is 16.1 Å². The van der Waals surface area contributed by atoms with Crippen LogP contribution in [0, 0.1) is 0 Å². The van der Waals surface area contributed by atoms with Gasteiger partial charge in [-0.05, 0) is 38.0 Å². The highest BCUT2D eigenvalue weighted by atomic mass is 32.2. The zero-order chi connectivity index (χ0) is 20.9. The third-order valence-electron chi connectivity index (χ3n) is 4.40. The van der Waals surface area contributed by atoms with Crippen molar-refractivity contribution >= 4 is 38.7 Å². The van der Waals surface area contributed by atoms with Gasteiger partial charge in [0, 0.05) is 27.2 Å².